The lowest BCUT2D eigenvalue weighted by Gasteiger charge is -2.17. The van der Waals surface area contributed by atoms with Crippen molar-refractivity contribution in [1.82, 2.24) is 4.90 Å². The highest BCUT2D eigenvalue weighted by Crippen LogP contribution is 2.22. The van der Waals surface area contributed by atoms with Gasteiger partial charge in [0, 0.05) is 13.6 Å². The third-order valence-electron chi connectivity index (χ3n) is 3.13. The van der Waals surface area contributed by atoms with E-state index in [1.165, 1.54) is 4.90 Å². The molecule has 0 saturated carbocycles. The Morgan fingerprint density at radius 3 is 2.42 bits per heavy atom. The van der Waals surface area contributed by atoms with Gasteiger partial charge in [0.1, 0.15) is 5.75 Å². The molecule has 2 amide bonds. The molecule has 0 fully saturated rings. The molecule has 0 aliphatic carbocycles. The number of carbonyl (C=O) groups excluding carboxylic acids is 2. The average molecular weight is 264 g/mol. The average Bonchev–Trinajstić information content (AvgIpc) is 2.37. The van der Waals surface area contributed by atoms with Crippen molar-refractivity contribution in [2.24, 2.45) is 5.73 Å². The predicted molar refractivity (Wildman–Crippen MR) is 73.0 cm³/mol. The summed E-state index contributed by atoms with van der Waals surface area (Å²) in [6.45, 7) is 4.42. The Kier molecular flexibility index (Phi) is 4.92. The van der Waals surface area contributed by atoms with Crippen molar-refractivity contribution in [1.29, 1.82) is 0 Å². The molecular weight excluding hydrogens is 244 g/mol. The monoisotopic (exact) mass is 264 g/mol. The van der Waals surface area contributed by atoms with E-state index in [0.29, 0.717) is 13.0 Å². The third-order valence-corrected chi connectivity index (χ3v) is 3.13. The van der Waals surface area contributed by atoms with Crippen LogP contribution in [0.4, 0.5) is 0 Å². The van der Waals surface area contributed by atoms with Crippen molar-refractivity contribution in [3.8, 4) is 5.75 Å². The van der Waals surface area contributed by atoms with E-state index in [-0.39, 0.29) is 0 Å². The summed E-state index contributed by atoms with van der Waals surface area (Å²) in [5, 5.41) is 0. The van der Waals surface area contributed by atoms with Gasteiger partial charge in [-0.3, -0.25) is 9.59 Å². The maximum atomic E-state index is 11.3. The van der Waals surface area contributed by atoms with Crippen LogP contribution in [0.5, 0.6) is 5.75 Å². The molecular formula is C14H20N2O3. The molecule has 5 heteroatoms. The Bertz CT molecular complexity index is 498. The molecule has 0 bridgehead atoms. The molecule has 0 aliphatic rings. The lowest BCUT2D eigenvalue weighted by atomic mass is 10.0. The first-order chi connectivity index (χ1) is 8.86. The number of nitrogens with two attached hydrogens (primary N) is 1. The van der Waals surface area contributed by atoms with Crippen LogP contribution in [0.2, 0.25) is 0 Å². The molecule has 0 aliphatic heterocycles. The zero-order valence-electron chi connectivity index (χ0n) is 11.8. The Labute approximate surface area is 113 Å². The van der Waals surface area contributed by atoms with E-state index in [4.69, 9.17) is 10.5 Å². The topological polar surface area (TPSA) is 72.6 Å². The van der Waals surface area contributed by atoms with Crippen molar-refractivity contribution in [2.75, 3.05) is 20.7 Å². The highest BCUT2D eigenvalue weighted by molar-refractivity contribution is 6.34. The Morgan fingerprint density at radius 1 is 1.26 bits per heavy atom. The number of methoxy groups -OCH3 is 1. The van der Waals surface area contributed by atoms with Gasteiger partial charge in [0.15, 0.2) is 0 Å². The van der Waals surface area contributed by atoms with Gasteiger partial charge in [-0.15, -0.1) is 0 Å². The lowest BCUT2D eigenvalue weighted by molar-refractivity contribution is -0.143. The quantitative estimate of drug-likeness (QED) is 0.817. The van der Waals surface area contributed by atoms with Crippen LogP contribution in [0.15, 0.2) is 12.1 Å². The summed E-state index contributed by atoms with van der Waals surface area (Å²) in [5.41, 5.74) is 8.23. The number of nitrogens with zero attached hydrogens (tertiary/aromatic N) is 1. The number of primary amides is 1. The maximum absolute atomic E-state index is 11.3. The van der Waals surface area contributed by atoms with Crippen LogP contribution < -0.4 is 10.5 Å². The van der Waals surface area contributed by atoms with E-state index in [1.807, 2.05) is 26.0 Å². The number of aryl methyl sites for hydroxylation is 2. The minimum Gasteiger partial charge on any atom is -0.496 e. The van der Waals surface area contributed by atoms with Crippen molar-refractivity contribution >= 4 is 11.8 Å². The van der Waals surface area contributed by atoms with Crippen LogP contribution in [0, 0.1) is 13.8 Å². The van der Waals surface area contributed by atoms with E-state index in [0.717, 1.165) is 22.4 Å². The van der Waals surface area contributed by atoms with Crippen LogP contribution in [-0.2, 0) is 16.0 Å². The smallest absolute Gasteiger partial charge is 0.311 e. The fourth-order valence-electron chi connectivity index (χ4n) is 1.92. The highest BCUT2D eigenvalue weighted by Gasteiger charge is 2.15. The Morgan fingerprint density at radius 2 is 1.89 bits per heavy atom. The minimum atomic E-state index is -0.926. The molecule has 0 radical (unpaired) electrons. The second-order valence-corrected chi connectivity index (χ2v) is 4.59. The van der Waals surface area contributed by atoms with Crippen LogP contribution in [-0.4, -0.2) is 37.4 Å². The van der Waals surface area contributed by atoms with Gasteiger partial charge in [0.25, 0.3) is 0 Å². The summed E-state index contributed by atoms with van der Waals surface area (Å²) in [7, 11) is 3.21. The molecule has 0 atom stereocenters. The number of hydrogen-bond donors (Lipinski definition) is 1. The zero-order valence-corrected chi connectivity index (χ0v) is 11.8. The van der Waals surface area contributed by atoms with Crippen LogP contribution in [0.3, 0.4) is 0 Å². The lowest BCUT2D eigenvalue weighted by Crippen LogP contribution is -2.38. The summed E-state index contributed by atoms with van der Waals surface area (Å²) < 4.78 is 5.25. The van der Waals surface area contributed by atoms with Gasteiger partial charge in [0.2, 0.25) is 0 Å². The van der Waals surface area contributed by atoms with Crippen LogP contribution in [0.25, 0.3) is 0 Å². The number of rotatable bonds is 4. The molecule has 0 saturated heterocycles. The van der Waals surface area contributed by atoms with Crippen molar-refractivity contribution in [2.45, 2.75) is 20.3 Å². The molecule has 0 aromatic heterocycles. The summed E-state index contributed by atoms with van der Waals surface area (Å²) >= 11 is 0. The van der Waals surface area contributed by atoms with E-state index in [1.54, 1.807) is 14.2 Å². The van der Waals surface area contributed by atoms with E-state index < -0.39 is 11.8 Å². The standard InChI is InChI=1S/C14H20N2O3/c1-9-8-12(19-4)10(2)7-11(9)5-6-16(3)14(18)13(15)17/h7-8H,5-6H2,1-4H3,(H2,15,17). The van der Waals surface area contributed by atoms with Crippen molar-refractivity contribution in [3.63, 3.8) is 0 Å². The number of ether oxygens (including phenoxy) is 1. The summed E-state index contributed by atoms with van der Waals surface area (Å²) in [6, 6.07) is 4.01. The molecule has 19 heavy (non-hydrogen) atoms. The van der Waals surface area contributed by atoms with E-state index >= 15 is 0 Å². The van der Waals surface area contributed by atoms with Gasteiger partial charge < -0.3 is 15.4 Å². The van der Waals surface area contributed by atoms with Gasteiger partial charge in [-0.2, -0.15) is 0 Å². The molecule has 0 heterocycles. The second kappa shape index (κ2) is 6.22. The molecule has 2 N–H and O–H groups in total. The zero-order chi connectivity index (χ0) is 14.6. The molecule has 0 spiro atoms. The van der Waals surface area contributed by atoms with E-state index in [9.17, 15) is 9.59 Å². The number of benzene rings is 1. The molecule has 1 aromatic rings. The van der Waals surface area contributed by atoms with Gasteiger partial charge in [0.05, 0.1) is 7.11 Å². The molecule has 104 valence electrons. The third kappa shape index (κ3) is 3.71. The van der Waals surface area contributed by atoms with Crippen LogP contribution >= 0.6 is 0 Å². The predicted octanol–water partition coefficient (Wildman–Crippen LogP) is 0.798. The summed E-state index contributed by atoms with van der Waals surface area (Å²) in [5.74, 6) is -0.740. The second-order valence-electron chi connectivity index (χ2n) is 4.59. The van der Waals surface area contributed by atoms with Gasteiger partial charge >= 0.3 is 11.8 Å². The molecule has 0 unspecified atom stereocenters. The number of likely N-dealkylation sites (N-methyl/N-ethyl adjacent to an activating group) is 1. The fraction of sp³-hybridized carbons (Fsp3) is 0.429. The normalized spacial score (nSPS) is 10.1. The van der Waals surface area contributed by atoms with Gasteiger partial charge in [-0.1, -0.05) is 6.07 Å². The van der Waals surface area contributed by atoms with Gasteiger partial charge in [-0.05, 0) is 43.0 Å². The number of amides is 2. The Hall–Kier alpha value is -2.04. The SMILES string of the molecule is COc1cc(C)c(CCN(C)C(=O)C(N)=O)cc1C. The molecule has 1 aromatic carbocycles. The number of carbonyl (C=O) groups is 2. The van der Waals surface area contributed by atoms with Gasteiger partial charge in [-0.25, -0.2) is 0 Å². The summed E-state index contributed by atoms with van der Waals surface area (Å²) in [6.07, 6.45) is 0.673. The first-order valence-corrected chi connectivity index (χ1v) is 6.05. The fourth-order valence-corrected chi connectivity index (χ4v) is 1.92. The van der Waals surface area contributed by atoms with Crippen molar-refractivity contribution in [3.05, 3.63) is 28.8 Å². The first-order valence-electron chi connectivity index (χ1n) is 6.05. The highest BCUT2D eigenvalue weighted by atomic mass is 16.5. The first kappa shape index (κ1) is 15.0. The number of hydrogen-bond acceptors (Lipinski definition) is 3. The van der Waals surface area contributed by atoms with Crippen molar-refractivity contribution < 1.29 is 14.3 Å². The maximum Gasteiger partial charge on any atom is 0.311 e. The minimum absolute atomic E-state index is 0.453. The Balaban J connectivity index is 2.76. The van der Waals surface area contributed by atoms with E-state index in [2.05, 4.69) is 0 Å². The molecule has 5 nitrogen and oxygen atoms in total. The largest absolute Gasteiger partial charge is 0.496 e. The molecule has 1 rings (SSSR count). The summed E-state index contributed by atoms with van der Waals surface area (Å²) in [4.78, 5) is 23.5. The van der Waals surface area contributed by atoms with Crippen LogP contribution in [0.1, 0.15) is 16.7 Å².